The van der Waals surface area contributed by atoms with Gasteiger partial charge in [0.2, 0.25) is 5.91 Å². The van der Waals surface area contributed by atoms with Crippen LogP contribution in [-0.4, -0.2) is 42.6 Å². The summed E-state index contributed by atoms with van der Waals surface area (Å²) >= 11 is 0. The van der Waals surface area contributed by atoms with Gasteiger partial charge in [-0.2, -0.15) is 0 Å². The maximum absolute atomic E-state index is 13.0. The molecule has 0 radical (unpaired) electrons. The topological polar surface area (TPSA) is 58.6 Å². The summed E-state index contributed by atoms with van der Waals surface area (Å²) in [6, 6.07) is 8.87. The number of ether oxygens (including phenoxy) is 1. The molecule has 146 valence electrons. The minimum atomic E-state index is -0.421. The van der Waals surface area contributed by atoms with Gasteiger partial charge in [-0.1, -0.05) is 36.8 Å². The lowest BCUT2D eigenvalue weighted by Crippen LogP contribution is -2.59. The molecule has 1 saturated heterocycles. The van der Waals surface area contributed by atoms with Crippen LogP contribution in [0.2, 0.25) is 0 Å². The van der Waals surface area contributed by atoms with E-state index in [2.05, 4.69) is 53.1 Å². The predicted octanol–water partition coefficient (Wildman–Crippen LogP) is 3.40. The first-order chi connectivity index (χ1) is 12.7. The van der Waals surface area contributed by atoms with Crippen LogP contribution in [0.25, 0.3) is 0 Å². The summed E-state index contributed by atoms with van der Waals surface area (Å²) < 4.78 is 4.68. The maximum atomic E-state index is 13.0. The van der Waals surface area contributed by atoms with E-state index in [0.29, 0.717) is 12.8 Å². The summed E-state index contributed by atoms with van der Waals surface area (Å²) in [5.74, 6) is 0.270. The average Bonchev–Trinajstić information content (AvgIpc) is 3.25. The van der Waals surface area contributed by atoms with Crippen LogP contribution in [0.4, 0.5) is 4.79 Å². The third-order valence-electron chi connectivity index (χ3n) is 7.29. The highest BCUT2D eigenvalue weighted by Gasteiger charge is 2.67. The number of methoxy groups -OCH3 is 1. The number of rotatable bonds is 3. The summed E-state index contributed by atoms with van der Waals surface area (Å²) in [5.41, 5.74) is 2.86. The van der Waals surface area contributed by atoms with Gasteiger partial charge in [0.25, 0.3) is 0 Å². The van der Waals surface area contributed by atoms with Gasteiger partial charge in [0.15, 0.2) is 0 Å². The highest BCUT2D eigenvalue weighted by molar-refractivity contribution is 5.81. The fraction of sp³-hybridized carbons (Fsp3) is 0.636. The minimum Gasteiger partial charge on any atom is -0.453 e. The number of aryl methyl sites for hydroxylation is 1. The number of carbonyl (C=O) groups is 2. The van der Waals surface area contributed by atoms with E-state index < -0.39 is 6.09 Å². The van der Waals surface area contributed by atoms with Crippen molar-refractivity contribution < 1.29 is 14.3 Å². The molecule has 0 unspecified atom stereocenters. The molecule has 2 amide bonds. The molecule has 27 heavy (non-hydrogen) atoms. The minimum absolute atomic E-state index is 0.0148. The van der Waals surface area contributed by atoms with Crippen LogP contribution in [0.3, 0.4) is 0 Å². The van der Waals surface area contributed by atoms with Crippen LogP contribution in [0.5, 0.6) is 0 Å². The van der Waals surface area contributed by atoms with Crippen LogP contribution < -0.4 is 5.32 Å². The number of benzene rings is 1. The molecule has 1 aromatic rings. The standard InChI is InChI=1S/C22H30N2O3/c1-15-6-5-7-17(10-15)22-8-9-24(14-20(22,2)13-22)18(25)16-11-21(3,12-16)23-19(26)27-4/h5-7,10,16H,8-9,11-14H2,1-4H3,(H,23,26)/t16?,20-,21?,22-/m1/s1. The van der Waals surface area contributed by atoms with Gasteiger partial charge in [-0.05, 0) is 50.5 Å². The zero-order valence-corrected chi connectivity index (χ0v) is 16.8. The van der Waals surface area contributed by atoms with Gasteiger partial charge in [0.1, 0.15) is 0 Å². The molecule has 2 atom stereocenters. The number of carbonyl (C=O) groups excluding carboxylic acids is 2. The number of piperidine rings is 1. The zero-order chi connectivity index (χ0) is 19.4. The van der Waals surface area contributed by atoms with Crippen LogP contribution in [0, 0.1) is 18.3 Å². The Kier molecular flexibility index (Phi) is 4.06. The molecule has 4 rings (SSSR count). The SMILES string of the molecule is COC(=O)NC1(C)CC(C(=O)N2CC[C@]3(c4cccc(C)c4)C[C@]3(C)C2)C1. The summed E-state index contributed by atoms with van der Waals surface area (Å²) in [4.78, 5) is 26.5. The fourth-order valence-corrected chi connectivity index (χ4v) is 5.63. The molecule has 5 heteroatoms. The molecule has 0 spiro atoms. The van der Waals surface area contributed by atoms with Crippen molar-refractivity contribution in [3.8, 4) is 0 Å². The zero-order valence-electron chi connectivity index (χ0n) is 16.8. The monoisotopic (exact) mass is 370 g/mol. The van der Waals surface area contributed by atoms with Gasteiger partial charge in [-0.25, -0.2) is 4.79 Å². The Balaban J connectivity index is 1.39. The summed E-state index contributed by atoms with van der Waals surface area (Å²) in [6.07, 6.45) is 3.17. The number of hydrogen-bond acceptors (Lipinski definition) is 3. The Hall–Kier alpha value is -2.04. The molecule has 5 nitrogen and oxygen atoms in total. The van der Waals surface area contributed by atoms with Gasteiger partial charge < -0.3 is 15.0 Å². The van der Waals surface area contributed by atoms with E-state index in [0.717, 1.165) is 19.5 Å². The van der Waals surface area contributed by atoms with Crippen LogP contribution in [-0.2, 0) is 14.9 Å². The number of nitrogens with one attached hydrogen (secondary N) is 1. The molecule has 2 aliphatic carbocycles. The van der Waals surface area contributed by atoms with Crippen molar-refractivity contribution >= 4 is 12.0 Å². The average molecular weight is 370 g/mol. The molecule has 1 aromatic carbocycles. The van der Waals surface area contributed by atoms with Crippen molar-refractivity contribution in [1.29, 1.82) is 0 Å². The molecule has 1 heterocycles. The van der Waals surface area contributed by atoms with E-state index in [1.807, 2.05) is 6.92 Å². The summed E-state index contributed by atoms with van der Waals surface area (Å²) in [5, 5.41) is 2.86. The largest absolute Gasteiger partial charge is 0.453 e. The molecule has 1 aliphatic heterocycles. The Morgan fingerprint density at radius 3 is 2.63 bits per heavy atom. The number of likely N-dealkylation sites (tertiary alicyclic amines) is 1. The second-order valence-corrected chi connectivity index (χ2v) is 9.48. The van der Waals surface area contributed by atoms with Crippen LogP contribution >= 0.6 is 0 Å². The maximum Gasteiger partial charge on any atom is 0.407 e. The Bertz CT molecular complexity index is 786. The molecule has 1 N–H and O–H groups in total. The van der Waals surface area contributed by atoms with Crippen molar-refractivity contribution in [1.82, 2.24) is 10.2 Å². The molecule has 3 aliphatic rings. The van der Waals surface area contributed by atoms with E-state index in [1.54, 1.807) is 0 Å². The number of amides is 2. The highest BCUT2D eigenvalue weighted by Crippen LogP contribution is 2.68. The van der Waals surface area contributed by atoms with Crippen molar-refractivity contribution in [2.75, 3.05) is 20.2 Å². The van der Waals surface area contributed by atoms with Crippen molar-refractivity contribution in [3.05, 3.63) is 35.4 Å². The molecule has 3 fully saturated rings. The molecular formula is C22H30N2O3. The van der Waals surface area contributed by atoms with E-state index in [1.165, 1.54) is 24.7 Å². The summed E-state index contributed by atoms with van der Waals surface area (Å²) in [7, 11) is 1.37. The van der Waals surface area contributed by atoms with Crippen molar-refractivity contribution in [2.24, 2.45) is 11.3 Å². The van der Waals surface area contributed by atoms with Gasteiger partial charge >= 0.3 is 6.09 Å². The van der Waals surface area contributed by atoms with Gasteiger partial charge in [-0.3, -0.25) is 4.79 Å². The molecule has 0 aromatic heterocycles. The Morgan fingerprint density at radius 2 is 2.00 bits per heavy atom. The van der Waals surface area contributed by atoms with Gasteiger partial charge in [0.05, 0.1) is 7.11 Å². The Labute approximate surface area is 161 Å². The second kappa shape index (κ2) is 5.98. The van der Waals surface area contributed by atoms with Gasteiger partial charge in [-0.15, -0.1) is 0 Å². The first kappa shape index (κ1) is 18.3. The third kappa shape index (κ3) is 2.91. The van der Waals surface area contributed by atoms with E-state index in [9.17, 15) is 9.59 Å². The highest BCUT2D eigenvalue weighted by atomic mass is 16.5. The van der Waals surface area contributed by atoms with Crippen LogP contribution in [0.1, 0.15) is 50.7 Å². The fourth-order valence-electron chi connectivity index (χ4n) is 5.63. The number of fused-ring (bicyclic) bond motifs is 1. The smallest absolute Gasteiger partial charge is 0.407 e. The second-order valence-electron chi connectivity index (χ2n) is 9.48. The lowest BCUT2D eigenvalue weighted by atomic mass is 9.68. The van der Waals surface area contributed by atoms with Gasteiger partial charge in [0, 0.05) is 30.0 Å². The number of hydrogen-bond donors (Lipinski definition) is 1. The van der Waals surface area contributed by atoms with Crippen molar-refractivity contribution in [3.63, 3.8) is 0 Å². The van der Waals surface area contributed by atoms with Crippen molar-refractivity contribution in [2.45, 2.75) is 57.4 Å². The van der Waals surface area contributed by atoms with E-state index in [-0.39, 0.29) is 28.2 Å². The van der Waals surface area contributed by atoms with Crippen LogP contribution in [0.15, 0.2) is 24.3 Å². The van der Waals surface area contributed by atoms with E-state index in [4.69, 9.17) is 0 Å². The lowest BCUT2D eigenvalue weighted by molar-refractivity contribution is -0.143. The predicted molar refractivity (Wildman–Crippen MR) is 103 cm³/mol. The molecular weight excluding hydrogens is 340 g/mol. The lowest BCUT2D eigenvalue weighted by Gasteiger charge is -2.47. The third-order valence-corrected chi connectivity index (χ3v) is 7.29. The first-order valence-electron chi connectivity index (χ1n) is 9.92. The number of nitrogens with zero attached hydrogens (tertiary/aromatic N) is 1. The normalized spacial score (nSPS) is 37.0. The number of alkyl carbamates (subject to hydrolysis) is 1. The quantitative estimate of drug-likeness (QED) is 0.887. The Morgan fingerprint density at radius 1 is 1.26 bits per heavy atom. The summed E-state index contributed by atoms with van der Waals surface area (Å²) in [6.45, 7) is 8.14. The molecule has 2 saturated carbocycles. The first-order valence-corrected chi connectivity index (χ1v) is 9.92. The van der Waals surface area contributed by atoms with E-state index >= 15 is 0 Å². The molecule has 0 bridgehead atoms.